The summed E-state index contributed by atoms with van der Waals surface area (Å²) in [7, 11) is 1.17. The van der Waals surface area contributed by atoms with E-state index in [4.69, 9.17) is 4.74 Å². The topological polar surface area (TPSA) is 94.1 Å². The lowest BCUT2D eigenvalue weighted by Crippen LogP contribution is -2.19. The van der Waals surface area contributed by atoms with Crippen LogP contribution in [-0.2, 0) is 10.9 Å². The van der Waals surface area contributed by atoms with Gasteiger partial charge in [0.05, 0.1) is 22.5 Å². The highest BCUT2D eigenvalue weighted by molar-refractivity contribution is 7.18. The molecule has 1 N–H and O–H groups in total. The lowest BCUT2D eigenvalue weighted by atomic mass is 9.81. The smallest absolute Gasteiger partial charge is 0.433 e. The number of fused-ring (bicyclic) bond motifs is 1. The molecule has 3 aromatic heterocycles. The molecule has 11 heteroatoms. The van der Waals surface area contributed by atoms with Crippen molar-refractivity contribution in [2.45, 2.75) is 51.1 Å². The van der Waals surface area contributed by atoms with E-state index in [2.05, 4.69) is 27.2 Å². The highest BCUT2D eigenvalue weighted by Gasteiger charge is 2.33. The van der Waals surface area contributed by atoms with Gasteiger partial charge in [-0.3, -0.25) is 4.79 Å². The van der Waals surface area contributed by atoms with Crippen LogP contribution in [0.15, 0.2) is 24.3 Å². The molecule has 1 aliphatic carbocycles. The summed E-state index contributed by atoms with van der Waals surface area (Å²) in [5, 5.41) is 3.39. The Hall–Kier alpha value is -3.08. The van der Waals surface area contributed by atoms with E-state index in [9.17, 15) is 22.8 Å². The van der Waals surface area contributed by atoms with Crippen LogP contribution >= 0.6 is 11.3 Å². The van der Waals surface area contributed by atoms with Gasteiger partial charge in [-0.15, -0.1) is 11.3 Å². The van der Waals surface area contributed by atoms with Crippen molar-refractivity contribution in [3.8, 4) is 0 Å². The SMILES string of the molecule is CCC1CCC(c2nc3nc(C(=O)OC)c(NC(=O)c4cccc(C(F)(F)F)n4)cc3s2)CC1. The van der Waals surface area contributed by atoms with Crippen LogP contribution in [0.4, 0.5) is 18.9 Å². The lowest BCUT2D eigenvalue weighted by Gasteiger charge is -2.26. The fourth-order valence-corrected chi connectivity index (χ4v) is 5.24. The summed E-state index contributed by atoms with van der Waals surface area (Å²) in [6.45, 7) is 2.20. The lowest BCUT2D eigenvalue weighted by molar-refractivity contribution is -0.141. The number of halogens is 3. The number of anilines is 1. The first-order valence-corrected chi connectivity index (χ1v) is 11.8. The fraction of sp³-hybridized carbons (Fsp3) is 0.435. The number of carbonyl (C=O) groups is 2. The summed E-state index contributed by atoms with van der Waals surface area (Å²) in [5.74, 6) is -0.649. The molecule has 1 aliphatic rings. The number of aromatic nitrogens is 3. The van der Waals surface area contributed by atoms with Crippen LogP contribution < -0.4 is 5.32 Å². The van der Waals surface area contributed by atoms with Crippen LogP contribution in [0.25, 0.3) is 10.3 Å². The van der Waals surface area contributed by atoms with Gasteiger partial charge in [0.2, 0.25) is 0 Å². The Morgan fingerprint density at radius 2 is 1.88 bits per heavy atom. The van der Waals surface area contributed by atoms with Crippen LogP contribution in [0.5, 0.6) is 0 Å². The Morgan fingerprint density at radius 3 is 2.53 bits per heavy atom. The van der Waals surface area contributed by atoms with Crippen molar-refractivity contribution in [2.24, 2.45) is 5.92 Å². The van der Waals surface area contributed by atoms with Crippen molar-refractivity contribution in [2.75, 3.05) is 12.4 Å². The van der Waals surface area contributed by atoms with Gasteiger partial charge in [-0.2, -0.15) is 13.2 Å². The summed E-state index contributed by atoms with van der Waals surface area (Å²) in [6, 6.07) is 4.58. The number of methoxy groups -OCH3 is 1. The number of carbonyl (C=O) groups excluding carboxylic acids is 2. The Balaban J connectivity index is 1.65. The van der Waals surface area contributed by atoms with E-state index in [0.717, 1.165) is 54.8 Å². The maximum Gasteiger partial charge on any atom is 0.433 e. The van der Waals surface area contributed by atoms with Gasteiger partial charge in [0.1, 0.15) is 11.4 Å². The number of hydrogen-bond donors (Lipinski definition) is 1. The highest BCUT2D eigenvalue weighted by atomic mass is 32.1. The zero-order chi connectivity index (χ0) is 24.5. The van der Waals surface area contributed by atoms with Crippen LogP contribution in [0.2, 0.25) is 0 Å². The third kappa shape index (κ3) is 5.03. The number of nitrogens with zero attached hydrogens (tertiary/aromatic N) is 3. The van der Waals surface area contributed by atoms with E-state index in [0.29, 0.717) is 16.3 Å². The van der Waals surface area contributed by atoms with Gasteiger partial charge >= 0.3 is 12.1 Å². The molecule has 0 spiro atoms. The van der Waals surface area contributed by atoms with Crippen LogP contribution in [0, 0.1) is 5.92 Å². The van der Waals surface area contributed by atoms with E-state index in [1.807, 2.05) is 0 Å². The van der Waals surface area contributed by atoms with Crippen molar-refractivity contribution in [3.63, 3.8) is 0 Å². The number of ether oxygens (including phenoxy) is 1. The largest absolute Gasteiger partial charge is 0.464 e. The molecule has 3 heterocycles. The van der Waals surface area contributed by atoms with Gasteiger partial charge in [0.25, 0.3) is 5.91 Å². The molecule has 7 nitrogen and oxygen atoms in total. The molecule has 0 saturated heterocycles. The minimum Gasteiger partial charge on any atom is -0.464 e. The third-order valence-electron chi connectivity index (χ3n) is 6.07. The van der Waals surface area contributed by atoms with Crippen molar-refractivity contribution in [1.29, 1.82) is 0 Å². The summed E-state index contributed by atoms with van der Waals surface area (Å²) in [5.41, 5.74) is -1.42. The molecule has 3 aromatic rings. The molecule has 1 amide bonds. The van der Waals surface area contributed by atoms with Gasteiger partial charge in [-0.1, -0.05) is 19.4 Å². The molecule has 4 rings (SSSR count). The fourth-order valence-electron chi connectivity index (χ4n) is 4.13. The van der Waals surface area contributed by atoms with Gasteiger partial charge in [-0.05, 0) is 49.8 Å². The predicted octanol–water partition coefficient (Wildman–Crippen LogP) is 5.83. The van der Waals surface area contributed by atoms with E-state index < -0.39 is 29.4 Å². The summed E-state index contributed by atoms with van der Waals surface area (Å²) in [4.78, 5) is 37.3. The number of nitrogens with one attached hydrogen (secondary N) is 1. The molecular formula is C23H23F3N4O3S. The van der Waals surface area contributed by atoms with E-state index in [-0.39, 0.29) is 11.4 Å². The zero-order valence-corrected chi connectivity index (χ0v) is 19.4. The summed E-state index contributed by atoms with van der Waals surface area (Å²) >= 11 is 1.44. The number of pyridine rings is 2. The summed E-state index contributed by atoms with van der Waals surface area (Å²) < 4.78 is 44.4. The maximum atomic E-state index is 13.0. The molecule has 0 aliphatic heterocycles. The Morgan fingerprint density at radius 1 is 1.15 bits per heavy atom. The molecular weight excluding hydrogens is 469 g/mol. The van der Waals surface area contributed by atoms with Crippen LogP contribution in [0.3, 0.4) is 0 Å². The van der Waals surface area contributed by atoms with E-state index in [1.54, 1.807) is 6.07 Å². The maximum absolute atomic E-state index is 13.0. The first-order valence-electron chi connectivity index (χ1n) is 10.9. The molecule has 0 radical (unpaired) electrons. The molecule has 1 fully saturated rings. The molecule has 180 valence electrons. The molecule has 0 bridgehead atoms. The monoisotopic (exact) mass is 492 g/mol. The van der Waals surface area contributed by atoms with Gasteiger partial charge in [0.15, 0.2) is 11.3 Å². The number of hydrogen-bond acceptors (Lipinski definition) is 7. The number of rotatable bonds is 5. The van der Waals surface area contributed by atoms with Crippen molar-refractivity contribution in [1.82, 2.24) is 15.0 Å². The normalized spacial score (nSPS) is 18.6. The Labute approximate surface area is 197 Å². The van der Waals surface area contributed by atoms with Gasteiger partial charge < -0.3 is 10.1 Å². The molecule has 1 saturated carbocycles. The molecule has 34 heavy (non-hydrogen) atoms. The third-order valence-corrected chi connectivity index (χ3v) is 7.23. The quantitative estimate of drug-likeness (QED) is 0.451. The number of amides is 1. The van der Waals surface area contributed by atoms with Crippen molar-refractivity contribution >= 4 is 39.2 Å². The second-order valence-electron chi connectivity index (χ2n) is 8.24. The standard InChI is InChI=1S/C23H23F3N4O3S/c1-3-12-7-9-13(10-8-12)21-30-19-16(34-21)11-15(18(29-19)22(32)33-2)28-20(31)14-5-4-6-17(27-14)23(24,25)26/h4-6,11-13H,3,7-10H2,1-2H3,(H,28,31). The van der Waals surface area contributed by atoms with Crippen molar-refractivity contribution < 1.29 is 27.5 Å². The minimum atomic E-state index is -4.69. The summed E-state index contributed by atoms with van der Waals surface area (Å²) in [6.07, 6.45) is 0.829. The highest BCUT2D eigenvalue weighted by Crippen LogP contribution is 2.40. The zero-order valence-electron chi connectivity index (χ0n) is 18.6. The Kier molecular flexibility index (Phi) is 6.83. The second-order valence-corrected chi connectivity index (χ2v) is 9.30. The van der Waals surface area contributed by atoms with E-state index >= 15 is 0 Å². The van der Waals surface area contributed by atoms with Gasteiger partial charge in [0, 0.05) is 5.92 Å². The number of thiazole rings is 1. The minimum absolute atomic E-state index is 0.0217. The van der Waals surface area contributed by atoms with Crippen molar-refractivity contribution in [3.05, 3.63) is 46.4 Å². The van der Waals surface area contributed by atoms with Gasteiger partial charge in [-0.25, -0.2) is 19.7 Å². The van der Waals surface area contributed by atoms with Crippen LogP contribution in [0.1, 0.15) is 76.6 Å². The number of alkyl halides is 3. The Bertz CT molecular complexity index is 1220. The average molecular weight is 493 g/mol. The van der Waals surface area contributed by atoms with Crippen LogP contribution in [-0.4, -0.2) is 33.9 Å². The second kappa shape index (κ2) is 9.65. The first-order chi connectivity index (χ1) is 16.2. The average Bonchev–Trinajstić information content (AvgIpc) is 3.25. The molecule has 0 atom stereocenters. The predicted molar refractivity (Wildman–Crippen MR) is 121 cm³/mol. The molecule has 0 unspecified atom stereocenters. The van der Waals surface area contributed by atoms with E-state index in [1.165, 1.54) is 24.9 Å². The molecule has 0 aromatic carbocycles. The number of esters is 1. The first kappa shape index (κ1) is 24.1.